The fraction of sp³-hybridized carbons (Fsp3) is 0.889. The zero-order chi connectivity index (χ0) is 11.7. The van der Waals surface area contributed by atoms with Crippen LogP contribution in [-0.4, -0.2) is 46.4 Å². The molecule has 0 saturated carbocycles. The minimum atomic E-state index is -1.83. The van der Waals surface area contributed by atoms with Crippen LogP contribution in [0.3, 0.4) is 0 Å². The van der Waals surface area contributed by atoms with Crippen LogP contribution in [0.2, 0.25) is 0 Å². The summed E-state index contributed by atoms with van der Waals surface area (Å²) in [6.07, 6.45) is -1.83. The summed E-state index contributed by atoms with van der Waals surface area (Å²) >= 11 is 0. The first-order chi connectivity index (χ1) is 6.32. The summed E-state index contributed by atoms with van der Waals surface area (Å²) in [5.74, 6) is 0. The molecule has 14 heavy (non-hydrogen) atoms. The average molecular weight is 206 g/mol. The van der Waals surface area contributed by atoms with E-state index < -0.39 is 6.16 Å². The molecule has 0 atom stereocenters. The normalized spacial score (nSPS) is 10.3. The molecule has 5 nitrogen and oxygen atoms in total. The average Bonchev–Trinajstić information content (AvgIpc) is 1.97. The van der Waals surface area contributed by atoms with Crippen LogP contribution in [0, 0.1) is 0 Å². The first-order valence-electron chi connectivity index (χ1n) is 4.70. The second-order valence-electron chi connectivity index (χ2n) is 3.50. The number of rotatable bonds is 4. The number of carboxylic acid groups (broad SMARTS) is 2. The Balaban J connectivity index is 0. The molecule has 0 fully saturated rings. The topological polar surface area (TPSA) is 86.8 Å². The highest BCUT2D eigenvalue weighted by Crippen LogP contribution is 2.02. The summed E-state index contributed by atoms with van der Waals surface area (Å²) < 4.78 is 0. The van der Waals surface area contributed by atoms with Gasteiger partial charge >= 0.3 is 6.16 Å². The van der Waals surface area contributed by atoms with Crippen molar-refractivity contribution >= 4 is 6.16 Å². The van der Waals surface area contributed by atoms with Gasteiger partial charge in [-0.3, -0.25) is 4.90 Å². The lowest BCUT2D eigenvalue weighted by Crippen LogP contribution is -2.40. The van der Waals surface area contributed by atoms with E-state index in [0.717, 1.165) is 13.1 Å². The van der Waals surface area contributed by atoms with Crippen molar-refractivity contribution in [2.45, 2.75) is 39.8 Å². The lowest BCUT2D eigenvalue weighted by atomic mass is 10.2. The standard InChI is InChI=1S/C8H20N2.CH2O3/c1-7(2)10(6-5-9)8(3)4;2-1(3)4/h7-8H,5-6,9H2,1-4H3;(H2,2,3,4). The van der Waals surface area contributed by atoms with Gasteiger partial charge in [0.2, 0.25) is 0 Å². The van der Waals surface area contributed by atoms with Crippen LogP contribution in [0.15, 0.2) is 0 Å². The molecule has 0 bridgehead atoms. The molecule has 0 heterocycles. The quantitative estimate of drug-likeness (QED) is 0.645. The number of nitrogens with zero attached hydrogens (tertiary/aromatic N) is 1. The molecule has 86 valence electrons. The van der Waals surface area contributed by atoms with Crippen molar-refractivity contribution in [3.63, 3.8) is 0 Å². The molecular weight excluding hydrogens is 184 g/mol. The van der Waals surface area contributed by atoms with E-state index in [4.69, 9.17) is 20.7 Å². The van der Waals surface area contributed by atoms with Crippen LogP contribution in [-0.2, 0) is 0 Å². The van der Waals surface area contributed by atoms with Crippen molar-refractivity contribution < 1.29 is 15.0 Å². The first-order valence-corrected chi connectivity index (χ1v) is 4.70. The third-order valence-electron chi connectivity index (χ3n) is 1.71. The van der Waals surface area contributed by atoms with E-state index in [-0.39, 0.29) is 0 Å². The highest BCUT2D eigenvalue weighted by Gasteiger charge is 2.10. The molecule has 0 unspecified atom stereocenters. The number of hydrogen-bond acceptors (Lipinski definition) is 3. The Bertz CT molecular complexity index is 137. The molecule has 0 radical (unpaired) electrons. The minimum Gasteiger partial charge on any atom is -0.450 e. The molecule has 0 amide bonds. The van der Waals surface area contributed by atoms with Crippen LogP contribution >= 0.6 is 0 Å². The van der Waals surface area contributed by atoms with Gasteiger partial charge in [0.25, 0.3) is 0 Å². The molecule has 4 N–H and O–H groups in total. The lowest BCUT2D eigenvalue weighted by Gasteiger charge is -2.29. The van der Waals surface area contributed by atoms with Gasteiger partial charge in [-0.25, -0.2) is 4.79 Å². The fourth-order valence-electron chi connectivity index (χ4n) is 1.26. The van der Waals surface area contributed by atoms with E-state index >= 15 is 0 Å². The van der Waals surface area contributed by atoms with E-state index in [1.54, 1.807) is 0 Å². The molecule has 0 aromatic rings. The Morgan fingerprint density at radius 1 is 1.21 bits per heavy atom. The maximum absolute atomic E-state index is 8.56. The van der Waals surface area contributed by atoms with E-state index in [1.165, 1.54) is 0 Å². The molecular formula is C9H22N2O3. The van der Waals surface area contributed by atoms with Crippen molar-refractivity contribution in [3.8, 4) is 0 Å². The predicted octanol–water partition coefficient (Wildman–Crippen LogP) is 1.29. The van der Waals surface area contributed by atoms with Gasteiger partial charge in [-0.1, -0.05) is 0 Å². The Labute approximate surface area is 85.5 Å². The third kappa shape index (κ3) is 11.2. The van der Waals surface area contributed by atoms with Crippen molar-refractivity contribution in [2.75, 3.05) is 13.1 Å². The Morgan fingerprint density at radius 2 is 1.50 bits per heavy atom. The summed E-state index contributed by atoms with van der Waals surface area (Å²) in [7, 11) is 0. The number of carbonyl (C=O) groups is 1. The van der Waals surface area contributed by atoms with Gasteiger partial charge in [-0.05, 0) is 27.7 Å². The van der Waals surface area contributed by atoms with Crippen LogP contribution < -0.4 is 5.73 Å². The minimum absolute atomic E-state index is 0.614. The molecule has 0 aliphatic rings. The van der Waals surface area contributed by atoms with Gasteiger partial charge in [-0.15, -0.1) is 0 Å². The van der Waals surface area contributed by atoms with E-state index in [2.05, 4.69) is 32.6 Å². The second kappa shape index (κ2) is 8.77. The highest BCUT2D eigenvalue weighted by atomic mass is 16.6. The summed E-state index contributed by atoms with van der Waals surface area (Å²) in [5, 5.41) is 13.9. The zero-order valence-corrected chi connectivity index (χ0v) is 9.40. The van der Waals surface area contributed by atoms with Crippen molar-refractivity contribution in [1.29, 1.82) is 0 Å². The number of nitrogens with two attached hydrogens (primary N) is 1. The molecule has 0 aromatic carbocycles. The molecule has 0 aliphatic heterocycles. The Morgan fingerprint density at radius 3 is 1.57 bits per heavy atom. The second-order valence-corrected chi connectivity index (χ2v) is 3.50. The van der Waals surface area contributed by atoms with Gasteiger partial charge in [0.05, 0.1) is 0 Å². The van der Waals surface area contributed by atoms with Crippen LogP contribution in [0.1, 0.15) is 27.7 Å². The smallest absolute Gasteiger partial charge is 0.450 e. The van der Waals surface area contributed by atoms with Gasteiger partial charge in [-0.2, -0.15) is 0 Å². The van der Waals surface area contributed by atoms with E-state index in [0.29, 0.717) is 12.1 Å². The van der Waals surface area contributed by atoms with Crippen LogP contribution in [0.4, 0.5) is 4.79 Å². The maximum atomic E-state index is 8.56. The molecule has 0 saturated heterocycles. The zero-order valence-electron chi connectivity index (χ0n) is 9.40. The van der Waals surface area contributed by atoms with E-state index in [9.17, 15) is 0 Å². The van der Waals surface area contributed by atoms with Crippen molar-refractivity contribution in [3.05, 3.63) is 0 Å². The van der Waals surface area contributed by atoms with Gasteiger partial charge in [0, 0.05) is 25.2 Å². The van der Waals surface area contributed by atoms with Gasteiger partial charge in [0.15, 0.2) is 0 Å². The molecule has 0 spiro atoms. The van der Waals surface area contributed by atoms with E-state index in [1.807, 2.05) is 0 Å². The highest BCUT2D eigenvalue weighted by molar-refractivity contribution is 5.53. The van der Waals surface area contributed by atoms with Gasteiger partial charge < -0.3 is 15.9 Å². The van der Waals surface area contributed by atoms with Gasteiger partial charge in [0.1, 0.15) is 0 Å². The van der Waals surface area contributed by atoms with Crippen LogP contribution in [0.25, 0.3) is 0 Å². The summed E-state index contributed by atoms with van der Waals surface area (Å²) in [5.41, 5.74) is 5.46. The Hall–Kier alpha value is -0.810. The fourth-order valence-corrected chi connectivity index (χ4v) is 1.26. The summed E-state index contributed by atoms with van der Waals surface area (Å²) in [4.78, 5) is 10.9. The Kier molecular flexibility index (Phi) is 9.81. The maximum Gasteiger partial charge on any atom is 0.503 e. The van der Waals surface area contributed by atoms with Crippen molar-refractivity contribution in [1.82, 2.24) is 4.90 Å². The summed E-state index contributed by atoms with van der Waals surface area (Å²) in [6, 6.07) is 1.23. The molecule has 5 heteroatoms. The SMILES string of the molecule is CC(C)N(CCN)C(C)C.O=C(O)O. The monoisotopic (exact) mass is 206 g/mol. The molecule has 0 rings (SSSR count). The molecule has 0 aliphatic carbocycles. The lowest BCUT2D eigenvalue weighted by molar-refractivity contribution is 0.137. The summed E-state index contributed by atoms with van der Waals surface area (Å²) in [6.45, 7) is 10.6. The third-order valence-corrected chi connectivity index (χ3v) is 1.71. The number of hydrogen-bond donors (Lipinski definition) is 3. The largest absolute Gasteiger partial charge is 0.503 e. The van der Waals surface area contributed by atoms with Crippen molar-refractivity contribution in [2.24, 2.45) is 5.73 Å². The predicted molar refractivity (Wildman–Crippen MR) is 56.7 cm³/mol. The molecule has 0 aromatic heterocycles. The first kappa shape index (κ1) is 15.7. The van der Waals surface area contributed by atoms with Crippen LogP contribution in [0.5, 0.6) is 0 Å².